The second-order valence-corrected chi connectivity index (χ2v) is 5.17. The van der Waals surface area contributed by atoms with Gasteiger partial charge in [0.1, 0.15) is 5.60 Å². The van der Waals surface area contributed by atoms with Crippen LogP contribution in [0, 0.1) is 5.92 Å². The van der Waals surface area contributed by atoms with Crippen LogP contribution < -0.4 is 0 Å². The number of rotatable bonds is 0. The van der Waals surface area contributed by atoms with E-state index in [4.69, 9.17) is 4.74 Å². The third-order valence-electron chi connectivity index (χ3n) is 2.71. The molecule has 2 rings (SSSR count). The van der Waals surface area contributed by atoms with Gasteiger partial charge in [-0.25, -0.2) is 4.79 Å². The summed E-state index contributed by atoms with van der Waals surface area (Å²) in [5, 5.41) is 9.51. The van der Waals surface area contributed by atoms with Gasteiger partial charge in [-0.1, -0.05) is 0 Å². The Kier molecular flexibility index (Phi) is 2.00. The molecule has 0 unspecified atom stereocenters. The Hall–Kier alpha value is -0.770. The molecule has 0 aromatic carbocycles. The molecule has 2 aliphatic rings. The number of carbonyl (C=O) groups is 1. The van der Waals surface area contributed by atoms with Crippen LogP contribution in [0.5, 0.6) is 0 Å². The van der Waals surface area contributed by atoms with E-state index in [2.05, 4.69) is 0 Å². The molecule has 14 heavy (non-hydrogen) atoms. The van der Waals surface area contributed by atoms with Gasteiger partial charge in [0.2, 0.25) is 0 Å². The number of amides is 1. The van der Waals surface area contributed by atoms with Crippen molar-refractivity contribution < 1.29 is 14.6 Å². The largest absolute Gasteiger partial charge is 0.444 e. The van der Waals surface area contributed by atoms with Crippen molar-refractivity contribution in [3.63, 3.8) is 0 Å². The molecular formula is C10H17NO3. The third-order valence-corrected chi connectivity index (χ3v) is 2.71. The molecule has 3 atom stereocenters. The summed E-state index contributed by atoms with van der Waals surface area (Å²) in [5.74, 6) is 0.308. The van der Waals surface area contributed by atoms with Crippen LogP contribution in [-0.2, 0) is 4.74 Å². The van der Waals surface area contributed by atoms with Gasteiger partial charge < -0.3 is 14.7 Å². The molecule has 0 radical (unpaired) electrons. The fraction of sp³-hybridized carbons (Fsp3) is 0.900. The van der Waals surface area contributed by atoms with Crippen LogP contribution in [0.25, 0.3) is 0 Å². The number of aliphatic hydroxyl groups is 1. The second kappa shape index (κ2) is 2.86. The fourth-order valence-corrected chi connectivity index (χ4v) is 1.97. The maximum absolute atomic E-state index is 11.6. The first kappa shape index (κ1) is 9.77. The third kappa shape index (κ3) is 1.71. The van der Waals surface area contributed by atoms with Gasteiger partial charge in [0.05, 0.1) is 12.6 Å². The van der Waals surface area contributed by atoms with Crippen molar-refractivity contribution in [3.05, 3.63) is 0 Å². The van der Waals surface area contributed by atoms with Gasteiger partial charge in [0.15, 0.2) is 0 Å². The van der Waals surface area contributed by atoms with Crippen LogP contribution in [-0.4, -0.2) is 40.4 Å². The predicted molar refractivity (Wildman–Crippen MR) is 50.8 cm³/mol. The maximum Gasteiger partial charge on any atom is 0.410 e. The van der Waals surface area contributed by atoms with Crippen molar-refractivity contribution in [1.82, 2.24) is 4.90 Å². The van der Waals surface area contributed by atoms with E-state index in [0.29, 0.717) is 12.5 Å². The standard InChI is InChI=1S/C10H17NO3/c1-10(2,3)14-9(13)11-5-8(12)6-4-7(6)11/h6-8,12H,4-5H2,1-3H3/t6-,7+,8+/m0/s1. The van der Waals surface area contributed by atoms with Crippen LogP contribution in [0.15, 0.2) is 0 Å². The summed E-state index contributed by atoms with van der Waals surface area (Å²) in [6.07, 6.45) is 0.300. The molecule has 1 heterocycles. The zero-order chi connectivity index (χ0) is 10.5. The van der Waals surface area contributed by atoms with Gasteiger partial charge in [-0.15, -0.1) is 0 Å². The lowest BCUT2D eigenvalue weighted by Gasteiger charge is -2.25. The molecule has 2 fully saturated rings. The Bertz CT molecular complexity index is 259. The van der Waals surface area contributed by atoms with E-state index in [1.165, 1.54) is 0 Å². The molecule has 1 aliphatic heterocycles. The van der Waals surface area contributed by atoms with Crippen molar-refractivity contribution in [1.29, 1.82) is 0 Å². The summed E-state index contributed by atoms with van der Waals surface area (Å²) in [6, 6.07) is 0.236. The molecule has 1 aliphatic carbocycles. The number of fused-ring (bicyclic) bond motifs is 1. The fourth-order valence-electron chi connectivity index (χ4n) is 1.97. The summed E-state index contributed by atoms with van der Waals surface area (Å²) in [5.41, 5.74) is -0.449. The van der Waals surface area contributed by atoms with Crippen LogP contribution in [0.2, 0.25) is 0 Å². The summed E-state index contributed by atoms with van der Waals surface area (Å²) in [4.78, 5) is 13.3. The number of hydrogen-bond acceptors (Lipinski definition) is 3. The number of piperidine rings is 1. The van der Waals surface area contributed by atoms with Gasteiger partial charge in [-0.05, 0) is 27.2 Å². The van der Waals surface area contributed by atoms with Crippen molar-refractivity contribution >= 4 is 6.09 Å². The lowest BCUT2D eigenvalue weighted by molar-refractivity contribution is 0.0221. The molecular weight excluding hydrogens is 182 g/mol. The first-order valence-electron chi connectivity index (χ1n) is 5.06. The molecule has 1 saturated heterocycles. The number of nitrogens with zero attached hydrogens (tertiary/aromatic N) is 1. The number of ether oxygens (including phenoxy) is 1. The highest BCUT2D eigenvalue weighted by atomic mass is 16.6. The van der Waals surface area contributed by atoms with Gasteiger partial charge in [0.25, 0.3) is 0 Å². The van der Waals surface area contributed by atoms with Gasteiger partial charge >= 0.3 is 6.09 Å². The van der Waals surface area contributed by atoms with Crippen molar-refractivity contribution in [2.45, 2.75) is 44.9 Å². The lowest BCUT2D eigenvalue weighted by Crippen LogP contribution is -2.38. The normalized spacial score (nSPS) is 35.4. The highest BCUT2D eigenvalue weighted by Gasteiger charge is 2.55. The molecule has 1 saturated carbocycles. The Morgan fingerprint density at radius 3 is 2.50 bits per heavy atom. The molecule has 4 heteroatoms. The lowest BCUT2D eigenvalue weighted by atomic mass is 10.2. The first-order chi connectivity index (χ1) is 6.38. The zero-order valence-electron chi connectivity index (χ0n) is 8.86. The van der Waals surface area contributed by atoms with Crippen LogP contribution in [0.1, 0.15) is 27.2 Å². The monoisotopic (exact) mass is 199 g/mol. The van der Waals surface area contributed by atoms with Crippen LogP contribution in [0.3, 0.4) is 0 Å². The molecule has 1 N–H and O–H groups in total. The smallest absolute Gasteiger partial charge is 0.410 e. The van der Waals surface area contributed by atoms with Crippen molar-refractivity contribution in [2.24, 2.45) is 5.92 Å². The van der Waals surface area contributed by atoms with E-state index in [9.17, 15) is 9.90 Å². The maximum atomic E-state index is 11.6. The quantitative estimate of drug-likeness (QED) is 0.633. The topological polar surface area (TPSA) is 49.8 Å². The molecule has 4 nitrogen and oxygen atoms in total. The van der Waals surface area contributed by atoms with E-state index in [1.807, 2.05) is 20.8 Å². The highest BCUT2D eigenvalue weighted by Crippen LogP contribution is 2.44. The van der Waals surface area contributed by atoms with E-state index >= 15 is 0 Å². The van der Waals surface area contributed by atoms with E-state index in [-0.39, 0.29) is 18.2 Å². The van der Waals surface area contributed by atoms with E-state index in [0.717, 1.165) is 6.42 Å². The van der Waals surface area contributed by atoms with Gasteiger partial charge in [0, 0.05) is 12.0 Å². The Morgan fingerprint density at radius 2 is 2.14 bits per heavy atom. The minimum absolute atomic E-state index is 0.236. The molecule has 0 aromatic heterocycles. The zero-order valence-corrected chi connectivity index (χ0v) is 8.86. The Balaban J connectivity index is 1.93. The Labute approximate surface area is 83.8 Å². The van der Waals surface area contributed by atoms with Gasteiger partial charge in [-0.2, -0.15) is 0 Å². The van der Waals surface area contributed by atoms with Crippen molar-refractivity contribution in [3.8, 4) is 0 Å². The number of likely N-dealkylation sites (tertiary alicyclic amines) is 1. The minimum Gasteiger partial charge on any atom is -0.444 e. The average molecular weight is 199 g/mol. The number of carbonyl (C=O) groups excluding carboxylic acids is 1. The summed E-state index contributed by atoms with van der Waals surface area (Å²) in [7, 11) is 0. The van der Waals surface area contributed by atoms with Gasteiger partial charge in [-0.3, -0.25) is 0 Å². The summed E-state index contributed by atoms with van der Waals surface area (Å²) >= 11 is 0. The molecule has 0 spiro atoms. The average Bonchev–Trinajstić information content (AvgIpc) is 2.69. The second-order valence-electron chi connectivity index (χ2n) is 5.17. The molecule has 0 aromatic rings. The van der Waals surface area contributed by atoms with E-state index < -0.39 is 5.60 Å². The first-order valence-corrected chi connectivity index (χ1v) is 5.06. The van der Waals surface area contributed by atoms with Crippen LogP contribution in [0.4, 0.5) is 4.79 Å². The summed E-state index contributed by atoms with van der Waals surface area (Å²) < 4.78 is 5.24. The number of β-amino-alcohol motifs (C(OH)–C–C–N with tert-alkyl or cyclic N) is 1. The highest BCUT2D eigenvalue weighted by molar-refractivity contribution is 5.70. The van der Waals surface area contributed by atoms with E-state index in [1.54, 1.807) is 4.90 Å². The number of hydrogen-bond donors (Lipinski definition) is 1. The summed E-state index contributed by atoms with van der Waals surface area (Å²) in [6.45, 7) is 5.98. The minimum atomic E-state index is -0.449. The molecule has 80 valence electrons. The Morgan fingerprint density at radius 1 is 1.50 bits per heavy atom. The van der Waals surface area contributed by atoms with Crippen molar-refractivity contribution in [2.75, 3.05) is 6.54 Å². The van der Waals surface area contributed by atoms with Crippen LogP contribution >= 0.6 is 0 Å². The molecule has 1 amide bonds. The SMILES string of the molecule is CC(C)(C)OC(=O)N1C[C@@H](O)[C@H]2C[C@H]21. The molecule has 0 bridgehead atoms. The predicted octanol–water partition coefficient (Wildman–Crippen LogP) is 0.986. The number of aliphatic hydroxyl groups excluding tert-OH is 1.